The quantitative estimate of drug-likeness (QED) is 0.842. The monoisotopic (exact) mass is 281 g/mol. The molecule has 20 heavy (non-hydrogen) atoms. The van der Waals surface area contributed by atoms with Gasteiger partial charge in [0.25, 0.3) is 0 Å². The Morgan fingerprint density at radius 1 is 1.40 bits per heavy atom. The van der Waals surface area contributed by atoms with Crippen molar-refractivity contribution in [3.63, 3.8) is 0 Å². The second-order valence-electron chi connectivity index (χ2n) is 5.69. The smallest absolute Gasteiger partial charge is 0.126 e. The van der Waals surface area contributed by atoms with E-state index in [2.05, 4.69) is 4.90 Å². The number of benzene rings is 1. The summed E-state index contributed by atoms with van der Waals surface area (Å²) >= 11 is 0. The van der Waals surface area contributed by atoms with Crippen LogP contribution in [0.15, 0.2) is 12.1 Å². The molecule has 1 aromatic carbocycles. The summed E-state index contributed by atoms with van der Waals surface area (Å²) in [5.74, 6) is -0.277. The van der Waals surface area contributed by atoms with Crippen LogP contribution in [0.4, 0.5) is 10.1 Å². The van der Waals surface area contributed by atoms with Gasteiger partial charge in [-0.25, -0.2) is 4.39 Å². The van der Waals surface area contributed by atoms with E-state index >= 15 is 0 Å². The molecule has 1 saturated carbocycles. The van der Waals surface area contributed by atoms with Crippen molar-refractivity contribution in [3.05, 3.63) is 29.1 Å². The summed E-state index contributed by atoms with van der Waals surface area (Å²) in [5.41, 5.74) is 2.15. The van der Waals surface area contributed by atoms with Crippen molar-refractivity contribution in [2.24, 2.45) is 0 Å². The maximum atomic E-state index is 13.8. The summed E-state index contributed by atoms with van der Waals surface area (Å²) in [5, 5.41) is 19.0. The van der Waals surface area contributed by atoms with Gasteiger partial charge in [-0.1, -0.05) is 0 Å². The van der Waals surface area contributed by atoms with Crippen molar-refractivity contribution in [1.29, 1.82) is 0 Å². The predicted molar refractivity (Wildman–Crippen MR) is 78.5 cm³/mol. The third-order valence-corrected chi connectivity index (χ3v) is 4.14. The van der Waals surface area contributed by atoms with Gasteiger partial charge < -0.3 is 15.1 Å². The van der Waals surface area contributed by atoms with Crippen LogP contribution in [-0.2, 0) is 0 Å². The number of aryl methyl sites for hydroxylation is 1. The molecule has 0 amide bonds. The number of hydrogen-bond acceptors (Lipinski definition) is 3. The fourth-order valence-corrected chi connectivity index (χ4v) is 2.70. The van der Waals surface area contributed by atoms with Crippen LogP contribution < -0.4 is 4.90 Å². The van der Waals surface area contributed by atoms with Gasteiger partial charge in [-0.05, 0) is 57.2 Å². The second-order valence-corrected chi connectivity index (χ2v) is 5.69. The summed E-state index contributed by atoms with van der Waals surface area (Å²) in [6, 6.07) is 3.72. The largest absolute Gasteiger partial charge is 0.396 e. The Morgan fingerprint density at radius 2 is 2.10 bits per heavy atom. The molecule has 0 aromatic heterocycles. The van der Waals surface area contributed by atoms with Crippen LogP contribution in [0.5, 0.6) is 0 Å². The maximum absolute atomic E-state index is 13.8. The van der Waals surface area contributed by atoms with Crippen LogP contribution in [0, 0.1) is 12.7 Å². The summed E-state index contributed by atoms with van der Waals surface area (Å²) in [6.45, 7) is 4.30. The van der Waals surface area contributed by atoms with Gasteiger partial charge in [0.2, 0.25) is 0 Å². The number of aliphatic hydroxyl groups excluding tert-OH is 2. The average molecular weight is 281 g/mol. The van der Waals surface area contributed by atoms with Gasteiger partial charge >= 0.3 is 0 Å². The van der Waals surface area contributed by atoms with E-state index in [1.54, 1.807) is 13.8 Å². The normalized spacial score (nSPS) is 16.9. The highest BCUT2D eigenvalue weighted by Gasteiger charge is 2.27. The molecule has 0 radical (unpaired) electrons. The lowest BCUT2D eigenvalue weighted by Crippen LogP contribution is -2.41. The Bertz CT molecular complexity index is 458. The van der Waals surface area contributed by atoms with E-state index < -0.39 is 6.10 Å². The van der Waals surface area contributed by atoms with Gasteiger partial charge in [0.15, 0.2) is 0 Å². The fourth-order valence-electron chi connectivity index (χ4n) is 2.70. The minimum Gasteiger partial charge on any atom is -0.396 e. The van der Waals surface area contributed by atoms with Gasteiger partial charge in [-0.3, -0.25) is 0 Å². The predicted octanol–water partition coefficient (Wildman–Crippen LogP) is 2.93. The Labute approximate surface area is 120 Å². The molecule has 2 N–H and O–H groups in total. The number of halogens is 1. The molecule has 2 rings (SSSR count). The van der Waals surface area contributed by atoms with Crippen molar-refractivity contribution >= 4 is 5.69 Å². The Kier molecular flexibility index (Phi) is 5.00. The summed E-state index contributed by atoms with van der Waals surface area (Å²) < 4.78 is 13.8. The Morgan fingerprint density at radius 3 is 2.60 bits per heavy atom. The molecule has 0 unspecified atom stereocenters. The van der Waals surface area contributed by atoms with Crippen LogP contribution in [0.1, 0.15) is 49.8 Å². The molecule has 1 aliphatic rings. The highest BCUT2D eigenvalue weighted by molar-refractivity contribution is 5.57. The van der Waals surface area contributed by atoms with Crippen LogP contribution in [0.2, 0.25) is 0 Å². The van der Waals surface area contributed by atoms with Crippen LogP contribution in [0.25, 0.3) is 0 Å². The SMILES string of the molecule is Cc1cc(N(CCCO)C2CCC2)c([C@H](C)O)cc1F. The van der Waals surface area contributed by atoms with Crippen molar-refractivity contribution in [1.82, 2.24) is 0 Å². The van der Waals surface area contributed by atoms with Crippen molar-refractivity contribution < 1.29 is 14.6 Å². The van der Waals surface area contributed by atoms with Gasteiger partial charge in [-0.2, -0.15) is 0 Å². The first kappa shape index (κ1) is 15.3. The summed E-state index contributed by atoms with van der Waals surface area (Å²) in [7, 11) is 0. The molecule has 0 bridgehead atoms. The molecule has 112 valence electrons. The molecule has 1 atom stereocenters. The van der Waals surface area contributed by atoms with Gasteiger partial charge in [-0.15, -0.1) is 0 Å². The zero-order valence-electron chi connectivity index (χ0n) is 12.3. The van der Waals surface area contributed by atoms with E-state index in [1.165, 1.54) is 12.5 Å². The molecule has 1 aromatic rings. The van der Waals surface area contributed by atoms with E-state index in [0.717, 1.165) is 25.1 Å². The van der Waals surface area contributed by atoms with E-state index in [9.17, 15) is 9.50 Å². The fraction of sp³-hybridized carbons (Fsp3) is 0.625. The van der Waals surface area contributed by atoms with Crippen LogP contribution in [0.3, 0.4) is 0 Å². The third-order valence-electron chi connectivity index (χ3n) is 4.14. The van der Waals surface area contributed by atoms with Gasteiger partial charge in [0.1, 0.15) is 5.82 Å². The molecule has 1 fully saturated rings. The van der Waals surface area contributed by atoms with E-state index in [-0.39, 0.29) is 12.4 Å². The molecule has 4 heteroatoms. The highest BCUT2D eigenvalue weighted by atomic mass is 19.1. The highest BCUT2D eigenvalue weighted by Crippen LogP contribution is 2.35. The zero-order valence-corrected chi connectivity index (χ0v) is 12.3. The molecule has 0 aliphatic heterocycles. The number of anilines is 1. The van der Waals surface area contributed by atoms with Crippen molar-refractivity contribution in [2.75, 3.05) is 18.1 Å². The van der Waals surface area contributed by atoms with E-state index in [4.69, 9.17) is 5.11 Å². The van der Waals surface area contributed by atoms with E-state index in [1.807, 2.05) is 6.07 Å². The minimum atomic E-state index is -0.697. The van der Waals surface area contributed by atoms with Crippen LogP contribution >= 0.6 is 0 Å². The minimum absolute atomic E-state index is 0.146. The lowest BCUT2D eigenvalue weighted by molar-refractivity contribution is 0.198. The first-order chi connectivity index (χ1) is 9.54. The molecule has 0 spiro atoms. The lowest BCUT2D eigenvalue weighted by Gasteiger charge is -2.40. The van der Waals surface area contributed by atoms with Crippen molar-refractivity contribution in [3.8, 4) is 0 Å². The summed E-state index contributed by atoms with van der Waals surface area (Å²) in [6.07, 6.45) is 3.45. The van der Waals surface area contributed by atoms with Gasteiger partial charge in [0.05, 0.1) is 6.10 Å². The second kappa shape index (κ2) is 6.55. The number of rotatable bonds is 6. The molecular weight excluding hydrogens is 257 g/mol. The Hall–Kier alpha value is -1.13. The van der Waals surface area contributed by atoms with Crippen LogP contribution in [-0.4, -0.2) is 29.4 Å². The topological polar surface area (TPSA) is 43.7 Å². The number of nitrogens with zero attached hydrogens (tertiary/aromatic N) is 1. The lowest BCUT2D eigenvalue weighted by atomic mass is 9.89. The number of hydrogen-bond donors (Lipinski definition) is 2. The van der Waals surface area contributed by atoms with Crippen molar-refractivity contribution in [2.45, 2.75) is 51.7 Å². The molecule has 1 aliphatic carbocycles. The van der Waals surface area contributed by atoms with Gasteiger partial charge in [0, 0.05) is 30.4 Å². The first-order valence-corrected chi connectivity index (χ1v) is 7.40. The third kappa shape index (κ3) is 3.13. The Balaban J connectivity index is 2.37. The zero-order chi connectivity index (χ0) is 14.7. The standard InChI is InChI=1S/C16H24FNO2/c1-11-9-16(14(12(2)20)10-15(11)17)18(7-4-8-19)13-5-3-6-13/h9-10,12-13,19-20H,3-8H2,1-2H3/t12-/m0/s1. The molecular formula is C16H24FNO2. The first-order valence-electron chi connectivity index (χ1n) is 7.40. The molecule has 0 heterocycles. The number of aliphatic hydroxyl groups is 2. The van der Waals surface area contributed by atoms with E-state index in [0.29, 0.717) is 23.6 Å². The molecule has 0 saturated heterocycles. The summed E-state index contributed by atoms with van der Waals surface area (Å²) in [4.78, 5) is 2.23. The molecule has 3 nitrogen and oxygen atoms in total. The maximum Gasteiger partial charge on any atom is 0.126 e. The average Bonchev–Trinajstić information content (AvgIpc) is 2.34.